The number of unbranched alkanes of at least 4 members (excludes halogenated alkanes) is 3. The van der Waals surface area contributed by atoms with Crippen LogP contribution < -0.4 is 26.6 Å². The van der Waals surface area contributed by atoms with Crippen LogP contribution in [0.2, 0.25) is 0 Å². The normalized spacial score (nSPS) is 27.1. The number of cyclic esters (lactones) is 1. The van der Waals surface area contributed by atoms with Crippen LogP contribution in [0.3, 0.4) is 0 Å². The van der Waals surface area contributed by atoms with Gasteiger partial charge in [-0.05, 0) is 32.6 Å². The number of fused-ring (bicyclic) bond motifs is 1. The molecule has 0 bridgehead atoms. The van der Waals surface area contributed by atoms with Gasteiger partial charge in [0.05, 0.1) is 18.7 Å². The summed E-state index contributed by atoms with van der Waals surface area (Å²) >= 11 is 1.87. The number of esters is 1. The van der Waals surface area contributed by atoms with E-state index in [-0.39, 0.29) is 36.3 Å². The van der Waals surface area contributed by atoms with Crippen molar-refractivity contribution in [3.8, 4) is 0 Å². The van der Waals surface area contributed by atoms with Crippen LogP contribution in [0.5, 0.6) is 0 Å². The molecular formula is C23H37N5O7S. The van der Waals surface area contributed by atoms with E-state index in [1.54, 1.807) is 6.92 Å². The molecule has 3 heterocycles. The Labute approximate surface area is 214 Å². The van der Waals surface area contributed by atoms with Crippen molar-refractivity contribution < 1.29 is 33.8 Å². The van der Waals surface area contributed by atoms with Gasteiger partial charge in [-0.15, -0.1) is 0 Å². The van der Waals surface area contributed by atoms with Gasteiger partial charge in [-0.25, -0.2) is 9.59 Å². The molecule has 12 nitrogen and oxygen atoms in total. The van der Waals surface area contributed by atoms with Gasteiger partial charge in [-0.1, -0.05) is 12.8 Å². The Balaban J connectivity index is 1.16. The molecule has 5 amide bonds. The predicted molar refractivity (Wildman–Crippen MR) is 132 cm³/mol. The summed E-state index contributed by atoms with van der Waals surface area (Å²) in [5.41, 5.74) is 0. The lowest BCUT2D eigenvalue weighted by atomic mass is 10.0. The number of hydrogen-bond donors (Lipinski definition) is 6. The van der Waals surface area contributed by atoms with Gasteiger partial charge in [0.2, 0.25) is 17.7 Å². The number of carbonyl (C=O) groups is 5. The molecule has 6 N–H and O–H groups in total. The monoisotopic (exact) mass is 527 g/mol. The summed E-state index contributed by atoms with van der Waals surface area (Å²) in [6.45, 7) is 1.61. The summed E-state index contributed by atoms with van der Waals surface area (Å²) in [6, 6.07) is -1.55. The number of thioether (sulfide) groups is 1. The number of nitrogens with one attached hydrogen (secondary N) is 5. The smallest absolute Gasteiger partial charge is 0.332 e. The van der Waals surface area contributed by atoms with Crippen molar-refractivity contribution in [2.45, 2.75) is 93.8 Å². The standard InChI is InChI=1S/C23H37N5O7S/c1-13-19(22(33)35-13)27-21(32)14(11-29)25-18(31)9-3-2-6-10-24-17(30)8-5-4-7-16-20-15(12-36-16)26-23(34)28-20/h13-16,19-20,29H,2-12H2,1H3,(H,24,30)(H,25,31)(H,27,32)(H2,26,28,34)/t13-,14+,15+,16+,19+,20+/m1/s1. The highest BCUT2D eigenvalue weighted by Crippen LogP contribution is 2.33. The van der Waals surface area contributed by atoms with E-state index in [1.807, 2.05) is 11.8 Å². The molecule has 0 aromatic rings. The van der Waals surface area contributed by atoms with Crippen LogP contribution in [0, 0.1) is 0 Å². The second-order valence-corrected chi connectivity index (χ2v) is 10.7. The van der Waals surface area contributed by atoms with Crippen molar-refractivity contribution >= 4 is 41.5 Å². The quantitative estimate of drug-likeness (QED) is 0.0920. The molecule has 3 fully saturated rings. The van der Waals surface area contributed by atoms with Crippen molar-refractivity contribution in [2.24, 2.45) is 0 Å². The third-order valence-corrected chi connectivity index (χ3v) is 8.15. The summed E-state index contributed by atoms with van der Waals surface area (Å²) in [4.78, 5) is 59.0. The SMILES string of the molecule is C[C@H]1OC(=O)[C@H]1NC(=O)[C@H](CO)NC(=O)CCCCCNC(=O)CCCC[C@@H]1SC[C@@H]2NC(=O)N[C@@H]21. The molecule has 3 aliphatic heterocycles. The fourth-order valence-corrected chi connectivity index (χ4v) is 6.06. The molecule has 3 aliphatic rings. The zero-order valence-corrected chi connectivity index (χ0v) is 21.4. The van der Waals surface area contributed by atoms with E-state index in [2.05, 4.69) is 26.6 Å². The van der Waals surface area contributed by atoms with E-state index < -0.39 is 36.7 Å². The van der Waals surface area contributed by atoms with Crippen LogP contribution >= 0.6 is 11.8 Å². The van der Waals surface area contributed by atoms with Crippen molar-refractivity contribution in [1.29, 1.82) is 0 Å². The number of carbonyl (C=O) groups excluding carboxylic acids is 5. The molecule has 202 valence electrons. The Kier molecular flexibility index (Phi) is 10.7. The van der Waals surface area contributed by atoms with Crippen molar-refractivity contribution in [1.82, 2.24) is 26.6 Å². The summed E-state index contributed by atoms with van der Waals surface area (Å²) < 4.78 is 4.76. The van der Waals surface area contributed by atoms with E-state index >= 15 is 0 Å². The van der Waals surface area contributed by atoms with Gasteiger partial charge < -0.3 is 36.4 Å². The predicted octanol–water partition coefficient (Wildman–Crippen LogP) is -0.704. The molecule has 6 atom stereocenters. The van der Waals surface area contributed by atoms with E-state index in [0.29, 0.717) is 24.6 Å². The summed E-state index contributed by atoms with van der Waals surface area (Å²) in [7, 11) is 0. The lowest BCUT2D eigenvalue weighted by molar-refractivity contribution is -0.176. The van der Waals surface area contributed by atoms with Crippen LogP contribution in [0.15, 0.2) is 0 Å². The van der Waals surface area contributed by atoms with E-state index in [9.17, 15) is 29.1 Å². The first-order valence-electron chi connectivity index (χ1n) is 12.6. The molecule has 36 heavy (non-hydrogen) atoms. The van der Waals surface area contributed by atoms with Gasteiger partial charge in [0.25, 0.3) is 0 Å². The van der Waals surface area contributed by atoms with E-state index in [0.717, 1.165) is 37.9 Å². The molecule has 0 aliphatic carbocycles. The number of rotatable bonds is 15. The maximum atomic E-state index is 12.1. The number of hydrogen-bond acceptors (Lipinski definition) is 8. The first-order valence-corrected chi connectivity index (χ1v) is 13.7. The molecule has 0 unspecified atom stereocenters. The van der Waals surface area contributed by atoms with Gasteiger partial charge in [0.1, 0.15) is 12.1 Å². The lowest BCUT2D eigenvalue weighted by Crippen LogP contribution is -2.62. The molecule has 0 aromatic heterocycles. The first-order chi connectivity index (χ1) is 17.3. The Bertz CT molecular complexity index is 829. The minimum atomic E-state index is -1.13. The largest absolute Gasteiger partial charge is 0.458 e. The summed E-state index contributed by atoms with van der Waals surface area (Å²) in [5, 5.41) is 23.5. The minimum absolute atomic E-state index is 0.0157. The summed E-state index contributed by atoms with van der Waals surface area (Å²) in [5.74, 6) is -0.578. The molecule has 0 saturated carbocycles. The van der Waals surface area contributed by atoms with Crippen LogP contribution in [0.4, 0.5) is 4.79 Å². The molecule has 13 heteroatoms. The van der Waals surface area contributed by atoms with Gasteiger partial charge in [0, 0.05) is 30.4 Å². The Morgan fingerprint density at radius 3 is 2.56 bits per heavy atom. The van der Waals surface area contributed by atoms with Crippen LogP contribution in [-0.2, 0) is 23.9 Å². The second-order valence-electron chi connectivity index (χ2n) is 9.46. The average molecular weight is 528 g/mol. The second kappa shape index (κ2) is 13.7. The third kappa shape index (κ3) is 7.99. The topological polar surface area (TPSA) is 175 Å². The Morgan fingerprint density at radius 1 is 1.08 bits per heavy atom. The van der Waals surface area contributed by atoms with Crippen LogP contribution in [-0.4, -0.2) is 89.3 Å². The highest BCUT2D eigenvalue weighted by molar-refractivity contribution is 8.00. The maximum absolute atomic E-state index is 12.1. The molecule has 3 rings (SSSR count). The zero-order valence-electron chi connectivity index (χ0n) is 20.5. The number of amides is 5. The van der Waals surface area contributed by atoms with Crippen molar-refractivity contribution in [3.05, 3.63) is 0 Å². The number of aliphatic hydroxyl groups excluding tert-OH is 1. The number of ether oxygens (including phenoxy) is 1. The Hall–Kier alpha value is -2.54. The van der Waals surface area contributed by atoms with Gasteiger partial charge >= 0.3 is 12.0 Å². The highest BCUT2D eigenvalue weighted by atomic mass is 32.2. The van der Waals surface area contributed by atoms with Crippen molar-refractivity contribution in [3.63, 3.8) is 0 Å². The molecule has 0 radical (unpaired) electrons. The van der Waals surface area contributed by atoms with Gasteiger partial charge in [0.15, 0.2) is 6.04 Å². The highest BCUT2D eigenvalue weighted by Gasteiger charge is 2.43. The van der Waals surface area contributed by atoms with E-state index in [1.165, 1.54) is 0 Å². The van der Waals surface area contributed by atoms with Gasteiger partial charge in [-0.2, -0.15) is 11.8 Å². The fourth-order valence-electron chi connectivity index (χ4n) is 4.51. The zero-order chi connectivity index (χ0) is 26.1. The number of aliphatic hydroxyl groups is 1. The van der Waals surface area contributed by atoms with Crippen molar-refractivity contribution in [2.75, 3.05) is 18.9 Å². The van der Waals surface area contributed by atoms with Crippen LogP contribution in [0.1, 0.15) is 58.3 Å². The first kappa shape index (κ1) is 28.0. The molecule has 0 aromatic carbocycles. The number of urea groups is 1. The lowest BCUT2D eigenvalue weighted by Gasteiger charge is -2.33. The minimum Gasteiger partial charge on any atom is -0.458 e. The maximum Gasteiger partial charge on any atom is 0.332 e. The van der Waals surface area contributed by atoms with Crippen LogP contribution in [0.25, 0.3) is 0 Å². The van der Waals surface area contributed by atoms with Gasteiger partial charge in [-0.3, -0.25) is 14.4 Å². The molecule has 3 saturated heterocycles. The third-order valence-electron chi connectivity index (χ3n) is 6.64. The fraction of sp³-hybridized carbons (Fsp3) is 0.783. The average Bonchev–Trinajstić information content (AvgIpc) is 3.40. The summed E-state index contributed by atoms with van der Waals surface area (Å²) in [6.07, 6.45) is 5.01. The van der Waals surface area contributed by atoms with E-state index in [4.69, 9.17) is 4.74 Å². The Morgan fingerprint density at radius 2 is 1.83 bits per heavy atom. The molecular weight excluding hydrogens is 490 g/mol. The molecule has 0 spiro atoms.